The first-order chi connectivity index (χ1) is 5.39. The standard InChI is InChI=1S/C4H8ClF2NO3S/c5-2-12(10,11)8-1-3(9)4(6)7/h3-4,8-9H,1-2H2. The predicted molar refractivity (Wildman–Crippen MR) is 39.7 cm³/mol. The van der Waals surface area contributed by atoms with Gasteiger partial charge in [-0.2, -0.15) is 0 Å². The van der Waals surface area contributed by atoms with E-state index in [0.29, 0.717) is 0 Å². The molecular formula is C4H8ClF2NO3S. The van der Waals surface area contributed by atoms with Crippen LogP contribution in [0.2, 0.25) is 0 Å². The summed E-state index contributed by atoms with van der Waals surface area (Å²) in [6.07, 6.45) is -4.97. The van der Waals surface area contributed by atoms with Crippen molar-refractivity contribution in [3.05, 3.63) is 0 Å². The second-order valence-corrected chi connectivity index (χ2v) is 4.37. The van der Waals surface area contributed by atoms with E-state index in [9.17, 15) is 17.2 Å². The third kappa shape index (κ3) is 4.81. The predicted octanol–water partition coefficient (Wildman–Crippen LogP) is -0.272. The van der Waals surface area contributed by atoms with E-state index in [1.165, 1.54) is 0 Å². The van der Waals surface area contributed by atoms with Crippen LogP contribution < -0.4 is 4.72 Å². The molecule has 0 aromatic rings. The molecule has 0 saturated carbocycles. The monoisotopic (exact) mass is 223 g/mol. The number of aliphatic hydroxyl groups excluding tert-OH is 1. The van der Waals surface area contributed by atoms with Crippen molar-refractivity contribution in [1.29, 1.82) is 0 Å². The Balaban J connectivity index is 3.84. The smallest absolute Gasteiger partial charge is 0.265 e. The van der Waals surface area contributed by atoms with Crippen molar-refractivity contribution in [2.75, 3.05) is 11.8 Å². The second kappa shape index (κ2) is 4.90. The first-order valence-corrected chi connectivity index (χ1v) is 5.07. The molecule has 0 aliphatic rings. The molecule has 0 saturated heterocycles. The summed E-state index contributed by atoms with van der Waals surface area (Å²) in [5.74, 6) is 0. The number of nitrogens with one attached hydrogen (secondary N) is 1. The van der Waals surface area contributed by atoms with Crippen LogP contribution in [0.5, 0.6) is 0 Å². The number of halogens is 3. The third-order valence-electron chi connectivity index (χ3n) is 0.947. The fourth-order valence-corrected chi connectivity index (χ4v) is 1.07. The van der Waals surface area contributed by atoms with Crippen LogP contribution in [0.1, 0.15) is 0 Å². The largest absolute Gasteiger partial charge is 0.386 e. The van der Waals surface area contributed by atoms with Gasteiger partial charge in [-0.3, -0.25) is 0 Å². The molecule has 12 heavy (non-hydrogen) atoms. The highest BCUT2D eigenvalue weighted by molar-refractivity contribution is 7.90. The average molecular weight is 224 g/mol. The number of hydrogen-bond donors (Lipinski definition) is 2. The van der Waals surface area contributed by atoms with E-state index >= 15 is 0 Å². The lowest BCUT2D eigenvalue weighted by Crippen LogP contribution is -2.36. The van der Waals surface area contributed by atoms with Gasteiger partial charge < -0.3 is 5.11 Å². The quantitative estimate of drug-likeness (QED) is 0.631. The summed E-state index contributed by atoms with van der Waals surface area (Å²) in [5, 5.41) is 7.75. The van der Waals surface area contributed by atoms with Crippen molar-refractivity contribution < 1.29 is 22.3 Å². The van der Waals surface area contributed by atoms with Gasteiger partial charge in [0.1, 0.15) is 11.3 Å². The van der Waals surface area contributed by atoms with E-state index in [2.05, 4.69) is 0 Å². The Labute approximate surface area is 73.6 Å². The molecule has 0 spiro atoms. The Morgan fingerprint density at radius 3 is 2.33 bits per heavy atom. The van der Waals surface area contributed by atoms with Crippen LogP contribution in [0.4, 0.5) is 8.78 Å². The zero-order chi connectivity index (χ0) is 9.78. The van der Waals surface area contributed by atoms with Crippen molar-refractivity contribution in [2.45, 2.75) is 12.5 Å². The summed E-state index contributed by atoms with van der Waals surface area (Å²) in [4.78, 5) is 0. The normalized spacial score (nSPS) is 15.1. The van der Waals surface area contributed by atoms with Crippen LogP contribution in [0.3, 0.4) is 0 Å². The van der Waals surface area contributed by atoms with Gasteiger partial charge in [0, 0.05) is 6.54 Å². The number of alkyl halides is 3. The first kappa shape index (κ1) is 12.0. The number of hydrogen-bond acceptors (Lipinski definition) is 3. The highest BCUT2D eigenvalue weighted by atomic mass is 35.5. The van der Waals surface area contributed by atoms with Crippen LogP contribution >= 0.6 is 11.6 Å². The first-order valence-electron chi connectivity index (χ1n) is 2.88. The molecule has 0 fully saturated rings. The van der Waals surface area contributed by atoms with Crippen molar-refractivity contribution in [1.82, 2.24) is 4.72 Å². The molecule has 0 heterocycles. The Kier molecular flexibility index (Phi) is 4.91. The van der Waals surface area contributed by atoms with Gasteiger partial charge in [0.15, 0.2) is 0 Å². The minimum atomic E-state index is -3.73. The van der Waals surface area contributed by atoms with Crippen molar-refractivity contribution in [3.63, 3.8) is 0 Å². The zero-order valence-corrected chi connectivity index (χ0v) is 7.45. The Bertz CT molecular complexity index is 220. The summed E-state index contributed by atoms with van der Waals surface area (Å²) in [6, 6.07) is 0. The van der Waals surface area contributed by atoms with Gasteiger partial charge in [-0.25, -0.2) is 21.9 Å². The second-order valence-electron chi connectivity index (χ2n) is 1.97. The fourth-order valence-electron chi connectivity index (χ4n) is 0.340. The molecule has 8 heteroatoms. The van der Waals surface area contributed by atoms with Crippen molar-refractivity contribution >= 4 is 21.6 Å². The molecule has 0 aromatic heterocycles. The Hall–Kier alpha value is 0.0200. The van der Waals surface area contributed by atoms with Gasteiger partial charge in [-0.1, -0.05) is 0 Å². The molecular weight excluding hydrogens is 216 g/mol. The molecule has 0 aliphatic heterocycles. The third-order valence-corrected chi connectivity index (χ3v) is 2.70. The van der Waals surface area contributed by atoms with Gasteiger partial charge in [0.25, 0.3) is 6.43 Å². The Morgan fingerprint density at radius 1 is 1.50 bits per heavy atom. The summed E-state index contributed by atoms with van der Waals surface area (Å²) in [6.45, 7) is -0.729. The van der Waals surface area contributed by atoms with E-state index in [1.54, 1.807) is 4.72 Å². The molecule has 74 valence electrons. The molecule has 1 atom stereocenters. The minimum Gasteiger partial charge on any atom is -0.386 e. The zero-order valence-electron chi connectivity index (χ0n) is 5.87. The van der Waals surface area contributed by atoms with Crippen LogP contribution in [-0.2, 0) is 10.0 Å². The van der Waals surface area contributed by atoms with Crippen LogP contribution in [-0.4, -0.2) is 37.8 Å². The van der Waals surface area contributed by atoms with E-state index in [4.69, 9.17) is 16.7 Å². The van der Waals surface area contributed by atoms with E-state index in [-0.39, 0.29) is 0 Å². The molecule has 0 bridgehead atoms. The summed E-state index contributed by atoms with van der Waals surface area (Å²) in [7, 11) is -3.73. The molecule has 0 aromatic carbocycles. The Morgan fingerprint density at radius 2 is 2.00 bits per heavy atom. The maximum atomic E-state index is 11.6. The van der Waals surface area contributed by atoms with Crippen molar-refractivity contribution in [3.8, 4) is 0 Å². The highest BCUT2D eigenvalue weighted by Crippen LogP contribution is 1.99. The molecule has 0 rings (SSSR count). The lowest BCUT2D eigenvalue weighted by Gasteiger charge is -2.09. The van der Waals surface area contributed by atoms with Crippen LogP contribution in [0.15, 0.2) is 0 Å². The van der Waals surface area contributed by atoms with E-state index in [0.717, 1.165) is 0 Å². The maximum absolute atomic E-state index is 11.6. The SMILES string of the molecule is O=S(=O)(CCl)NCC(O)C(F)F. The van der Waals surface area contributed by atoms with Crippen LogP contribution in [0, 0.1) is 0 Å². The minimum absolute atomic E-state index is 0.719. The van der Waals surface area contributed by atoms with Crippen LogP contribution in [0.25, 0.3) is 0 Å². The summed E-state index contributed by atoms with van der Waals surface area (Å²) >= 11 is 4.94. The number of rotatable bonds is 5. The number of sulfonamides is 1. The summed E-state index contributed by atoms with van der Waals surface area (Å²) in [5.41, 5.74) is 0. The maximum Gasteiger partial charge on any atom is 0.265 e. The van der Waals surface area contributed by atoms with Crippen molar-refractivity contribution in [2.24, 2.45) is 0 Å². The van der Waals surface area contributed by atoms with E-state index < -0.39 is 34.3 Å². The molecule has 1 unspecified atom stereocenters. The average Bonchev–Trinajstić information content (AvgIpc) is 2.00. The molecule has 0 aliphatic carbocycles. The molecule has 0 amide bonds. The number of aliphatic hydroxyl groups is 1. The highest BCUT2D eigenvalue weighted by Gasteiger charge is 2.19. The molecule has 2 N–H and O–H groups in total. The van der Waals surface area contributed by atoms with Gasteiger partial charge >= 0.3 is 0 Å². The molecule has 4 nitrogen and oxygen atoms in total. The summed E-state index contributed by atoms with van der Waals surface area (Å²) < 4.78 is 45.9. The van der Waals surface area contributed by atoms with Gasteiger partial charge in [-0.05, 0) is 0 Å². The lowest BCUT2D eigenvalue weighted by atomic mass is 10.4. The molecule has 0 radical (unpaired) electrons. The van der Waals surface area contributed by atoms with Gasteiger partial charge in [-0.15, -0.1) is 11.6 Å². The van der Waals surface area contributed by atoms with Gasteiger partial charge in [0.05, 0.1) is 0 Å². The fraction of sp³-hybridized carbons (Fsp3) is 1.00. The lowest BCUT2D eigenvalue weighted by molar-refractivity contribution is -0.000436. The topological polar surface area (TPSA) is 66.4 Å². The van der Waals surface area contributed by atoms with E-state index in [1.807, 2.05) is 0 Å². The van der Waals surface area contributed by atoms with Gasteiger partial charge in [0.2, 0.25) is 10.0 Å².